The number of carbonyl (C=O) groups is 1. The van der Waals surface area contributed by atoms with Crippen molar-refractivity contribution < 1.29 is 23.1 Å². The first-order valence-corrected chi connectivity index (χ1v) is 12.8. The van der Waals surface area contributed by atoms with Crippen molar-refractivity contribution in [3.63, 3.8) is 0 Å². The molecule has 2 unspecified atom stereocenters. The maximum atomic E-state index is 12.1. The van der Waals surface area contributed by atoms with Gasteiger partial charge < -0.3 is 20.1 Å². The first kappa shape index (κ1) is 24.1. The Morgan fingerprint density at radius 3 is 2.94 bits per heavy atom. The molecular formula is C22H32N4O5S. The van der Waals surface area contributed by atoms with E-state index in [9.17, 15) is 18.3 Å². The molecular weight excluding hydrogens is 432 g/mol. The zero-order valence-corrected chi connectivity index (χ0v) is 19.2. The van der Waals surface area contributed by atoms with Crippen LogP contribution in [0, 0.1) is 0 Å². The first-order chi connectivity index (χ1) is 15.4. The third-order valence-electron chi connectivity index (χ3n) is 5.47. The van der Waals surface area contributed by atoms with Crippen molar-refractivity contribution in [3.05, 3.63) is 41.7 Å². The molecule has 32 heavy (non-hydrogen) atoms. The highest BCUT2D eigenvalue weighted by Gasteiger charge is 2.25. The summed E-state index contributed by atoms with van der Waals surface area (Å²) in [5.74, 6) is 0.338. The highest BCUT2D eigenvalue weighted by Crippen LogP contribution is 2.30. The van der Waals surface area contributed by atoms with Crippen LogP contribution in [-0.4, -0.2) is 53.9 Å². The monoisotopic (exact) mass is 464 g/mol. The summed E-state index contributed by atoms with van der Waals surface area (Å²) in [4.78, 5) is 18.8. The van der Waals surface area contributed by atoms with Crippen LogP contribution in [0.5, 0.6) is 5.75 Å². The average molecular weight is 465 g/mol. The van der Waals surface area contributed by atoms with E-state index in [0.717, 1.165) is 61.5 Å². The molecule has 1 aliphatic rings. The number of aryl methyl sites for hydroxylation is 1. The molecule has 0 aliphatic carbocycles. The molecule has 0 spiro atoms. The predicted octanol–water partition coefficient (Wildman–Crippen LogP) is 2.71. The van der Waals surface area contributed by atoms with E-state index in [1.165, 1.54) is 0 Å². The SMILES string of the molecule is CCCCS(=O)(=O)NC(Cc1ccc2c(c1)CCC(CCCNc1ncc[nH]1)O2)C(=O)O. The van der Waals surface area contributed by atoms with Gasteiger partial charge >= 0.3 is 5.97 Å². The van der Waals surface area contributed by atoms with E-state index in [0.29, 0.717) is 6.42 Å². The number of aliphatic carboxylic acids is 1. The van der Waals surface area contributed by atoms with Crippen LogP contribution < -0.4 is 14.8 Å². The quantitative estimate of drug-likeness (QED) is 0.335. The Bertz CT molecular complexity index is 978. The molecule has 2 heterocycles. The Morgan fingerprint density at radius 1 is 1.38 bits per heavy atom. The van der Waals surface area contributed by atoms with Gasteiger partial charge in [-0.25, -0.2) is 18.1 Å². The third-order valence-corrected chi connectivity index (χ3v) is 6.94. The van der Waals surface area contributed by atoms with Crippen molar-refractivity contribution in [1.82, 2.24) is 14.7 Å². The molecule has 0 saturated carbocycles. The van der Waals surface area contributed by atoms with Gasteiger partial charge in [0.05, 0.1) is 11.9 Å². The lowest BCUT2D eigenvalue weighted by atomic mass is 9.96. The molecule has 3 rings (SSSR count). The van der Waals surface area contributed by atoms with Crippen LogP contribution in [0.15, 0.2) is 30.6 Å². The van der Waals surface area contributed by atoms with Crippen LogP contribution in [-0.2, 0) is 27.7 Å². The Kier molecular flexibility index (Phi) is 8.52. The maximum absolute atomic E-state index is 12.1. The molecule has 176 valence electrons. The molecule has 2 atom stereocenters. The van der Waals surface area contributed by atoms with Crippen molar-refractivity contribution >= 4 is 21.9 Å². The topological polar surface area (TPSA) is 133 Å². The minimum Gasteiger partial charge on any atom is -0.490 e. The molecule has 9 nitrogen and oxygen atoms in total. The number of H-pyrrole nitrogens is 1. The summed E-state index contributed by atoms with van der Waals surface area (Å²) < 4.78 is 32.7. The van der Waals surface area contributed by atoms with Gasteiger partial charge in [-0.1, -0.05) is 25.5 Å². The molecule has 0 amide bonds. The number of aromatic amines is 1. The van der Waals surface area contributed by atoms with E-state index < -0.39 is 22.0 Å². The molecule has 4 N–H and O–H groups in total. The van der Waals surface area contributed by atoms with Crippen molar-refractivity contribution in [2.45, 2.75) is 64.0 Å². The van der Waals surface area contributed by atoms with Gasteiger partial charge in [0.1, 0.15) is 11.8 Å². The van der Waals surface area contributed by atoms with Gasteiger partial charge in [-0.2, -0.15) is 0 Å². The summed E-state index contributed by atoms with van der Waals surface area (Å²) in [6.45, 7) is 2.70. The van der Waals surface area contributed by atoms with Gasteiger partial charge in [0.2, 0.25) is 10.0 Å². The molecule has 0 fully saturated rings. The lowest BCUT2D eigenvalue weighted by molar-refractivity contribution is -0.138. The fourth-order valence-corrected chi connectivity index (χ4v) is 5.16. The molecule has 10 heteroatoms. The fraction of sp³-hybridized carbons (Fsp3) is 0.545. The second-order valence-electron chi connectivity index (χ2n) is 8.11. The maximum Gasteiger partial charge on any atom is 0.322 e. The standard InChI is InChI=1S/C22H32N4O5S/c1-2-3-13-32(29,30)26-19(21(27)28)15-16-6-9-20-17(14-16)7-8-18(31-20)5-4-10-23-22-24-11-12-25-22/h6,9,11-12,14,18-19,26H,2-5,7-8,10,13,15H2,1H3,(H,27,28)(H2,23,24,25). The Balaban J connectivity index is 1.52. The number of aromatic nitrogens is 2. The Labute approximate surface area is 189 Å². The second kappa shape index (κ2) is 11.3. The number of benzene rings is 1. The van der Waals surface area contributed by atoms with Crippen molar-refractivity contribution in [1.29, 1.82) is 0 Å². The number of nitrogens with zero attached hydrogens (tertiary/aromatic N) is 1. The number of ether oxygens (including phenoxy) is 1. The molecule has 1 aliphatic heterocycles. The number of carboxylic acid groups (broad SMARTS) is 1. The van der Waals surface area contributed by atoms with E-state index in [1.54, 1.807) is 12.4 Å². The Hall–Kier alpha value is -2.59. The minimum absolute atomic E-state index is 0.0657. The predicted molar refractivity (Wildman–Crippen MR) is 122 cm³/mol. The number of sulfonamides is 1. The van der Waals surface area contributed by atoms with Crippen LogP contribution in [0.1, 0.15) is 50.2 Å². The molecule has 0 bridgehead atoms. The number of nitrogens with one attached hydrogen (secondary N) is 3. The van der Waals surface area contributed by atoms with E-state index in [4.69, 9.17) is 4.74 Å². The number of unbranched alkanes of at least 4 members (excludes halogenated alkanes) is 1. The van der Waals surface area contributed by atoms with Crippen LogP contribution in [0.25, 0.3) is 0 Å². The number of hydrogen-bond donors (Lipinski definition) is 4. The van der Waals surface area contributed by atoms with Crippen molar-refractivity contribution in [2.24, 2.45) is 0 Å². The number of hydrogen-bond acceptors (Lipinski definition) is 6. The molecule has 1 aromatic carbocycles. The molecule has 1 aromatic heterocycles. The molecule has 2 aromatic rings. The summed E-state index contributed by atoms with van der Waals surface area (Å²) >= 11 is 0. The lowest BCUT2D eigenvalue weighted by Gasteiger charge is -2.27. The second-order valence-corrected chi connectivity index (χ2v) is 9.99. The Morgan fingerprint density at radius 2 is 2.22 bits per heavy atom. The zero-order chi connectivity index (χ0) is 23.0. The van der Waals surface area contributed by atoms with Gasteiger partial charge in [-0.05, 0) is 55.7 Å². The van der Waals surface area contributed by atoms with Gasteiger partial charge in [0.15, 0.2) is 5.95 Å². The fourth-order valence-electron chi connectivity index (χ4n) is 3.75. The number of fused-ring (bicyclic) bond motifs is 1. The smallest absolute Gasteiger partial charge is 0.322 e. The number of carboxylic acids is 1. The van der Waals surface area contributed by atoms with Gasteiger partial charge in [-0.15, -0.1) is 0 Å². The molecule has 0 radical (unpaired) electrons. The van der Waals surface area contributed by atoms with Crippen LogP contribution in [0.2, 0.25) is 0 Å². The van der Waals surface area contributed by atoms with E-state index in [-0.39, 0.29) is 18.3 Å². The lowest BCUT2D eigenvalue weighted by Crippen LogP contribution is -2.43. The van der Waals surface area contributed by atoms with E-state index in [1.807, 2.05) is 25.1 Å². The van der Waals surface area contributed by atoms with E-state index in [2.05, 4.69) is 20.0 Å². The number of rotatable bonds is 13. The van der Waals surface area contributed by atoms with Gasteiger partial charge in [0, 0.05) is 18.9 Å². The van der Waals surface area contributed by atoms with Crippen molar-refractivity contribution in [2.75, 3.05) is 17.6 Å². The van der Waals surface area contributed by atoms with Crippen LogP contribution in [0.3, 0.4) is 0 Å². The highest BCUT2D eigenvalue weighted by molar-refractivity contribution is 7.89. The van der Waals surface area contributed by atoms with Gasteiger partial charge in [0.25, 0.3) is 0 Å². The summed E-state index contributed by atoms with van der Waals surface area (Å²) in [7, 11) is -3.62. The normalized spacial score (nSPS) is 16.7. The van der Waals surface area contributed by atoms with Gasteiger partial charge in [-0.3, -0.25) is 4.79 Å². The zero-order valence-electron chi connectivity index (χ0n) is 18.3. The van der Waals surface area contributed by atoms with Crippen LogP contribution >= 0.6 is 0 Å². The highest BCUT2D eigenvalue weighted by atomic mass is 32.2. The van der Waals surface area contributed by atoms with Crippen molar-refractivity contribution in [3.8, 4) is 5.75 Å². The van der Waals surface area contributed by atoms with Crippen LogP contribution in [0.4, 0.5) is 5.95 Å². The minimum atomic E-state index is -3.62. The summed E-state index contributed by atoms with van der Waals surface area (Å²) in [6.07, 6.45) is 8.56. The summed E-state index contributed by atoms with van der Waals surface area (Å²) in [6, 6.07) is 4.42. The average Bonchev–Trinajstić information content (AvgIpc) is 3.28. The summed E-state index contributed by atoms with van der Waals surface area (Å²) in [5.41, 5.74) is 1.81. The molecule has 0 saturated heterocycles. The number of anilines is 1. The number of imidazole rings is 1. The first-order valence-electron chi connectivity index (χ1n) is 11.1. The summed E-state index contributed by atoms with van der Waals surface area (Å²) in [5, 5.41) is 12.7. The van der Waals surface area contributed by atoms with E-state index >= 15 is 0 Å². The largest absolute Gasteiger partial charge is 0.490 e. The third kappa shape index (κ3) is 7.23.